The van der Waals surface area contributed by atoms with Gasteiger partial charge in [0, 0.05) is 23.3 Å². The molecule has 0 fully saturated rings. The lowest BCUT2D eigenvalue weighted by Gasteiger charge is -2.21. The second kappa shape index (κ2) is 5.79. The number of hydrogen-bond donors (Lipinski definition) is 0. The molecular weight excluding hydrogens is 383 g/mol. The van der Waals surface area contributed by atoms with Crippen molar-refractivity contribution in [2.75, 3.05) is 15.7 Å². The molecule has 1 aromatic carbocycles. The van der Waals surface area contributed by atoms with E-state index in [4.69, 9.17) is 11.6 Å². The summed E-state index contributed by atoms with van der Waals surface area (Å²) in [5, 5.41) is -0.0546. The molecule has 9 heteroatoms. The minimum absolute atomic E-state index is 0.0546. The van der Waals surface area contributed by atoms with E-state index in [1.807, 2.05) is 0 Å². The summed E-state index contributed by atoms with van der Waals surface area (Å²) in [6.45, 7) is 1.76. The highest BCUT2D eigenvalue weighted by molar-refractivity contribution is 7.92. The summed E-state index contributed by atoms with van der Waals surface area (Å²) in [6, 6.07) is 0.969. The predicted octanol–water partition coefficient (Wildman–Crippen LogP) is 2.89. The zero-order valence-corrected chi connectivity index (χ0v) is 15.6. The Kier molecular flexibility index (Phi) is 3.89. The van der Waals surface area contributed by atoms with Crippen LogP contribution < -0.4 is 9.21 Å². The number of amides is 2. The van der Waals surface area contributed by atoms with E-state index in [1.165, 1.54) is 0 Å². The number of anilines is 2. The molecule has 1 aromatic rings. The van der Waals surface area contributed by atoms with Crippen LogP contribution in [0.25, 0.3) is 0 Å². The van der Waals surface area contributed by atoms with E-state index in [1.54, 1.807) is 6.92 Å². The van der Waals surface area contributed by atoms with Gasteiger partial charge in [0.05, 0.1) is 22.2 Å². The van der Waals surface area contributed by atoms with E-state index in [0.717, 1.165) is 28.1 Å². The van der Waals surface area contributed by atoms with E-state index >= 15 is 0 Å². The van der Waals surface area contributed by atoms with Crippen molar-refractivity contribution >= 4 is 44.8 Å². The zero-order valence-electron chi connectivity index (χ0n) is 14.0. The fourth-order valence-corrected chi connectivity index (χ4v) is 6.03. The molecule has 1 aliphatic carbocycles. The average Bonchev–Trinajstić information content (AvgIpc) is 3.00. The molecule has 0 unspecified atom stereocenters. The smallest absolute Gasteiger partial charge is 0.261 e. The van der Waals surface area contributed by atoms with Crippen LogP contribution in [0.2, 0.25) is 5.02 Å². The van der Waals surface area contributed by atoms with Crippen molar-refractivity contribution in [3.8, 4) is 0 Å². The third-order valence-corrected chi connectivity index (χ3v) is 7.14. The first-order chi connectivity index (χ1) is 12.3. The molecule has 2 heterocycles. The van der Waals surface area contributed by atoms with Gasteiger partial charge >= 0.3 is 0 Å². The van der Waals surface area contributed by atoms with E-state index in [0.29, 0.717) is 24.0 Å². The maximum Gasteiger partial charge on any atom is 0.261 e. The van der Waals surface area contributed by atoms with E-state index in [2.05, 4.69) is 0 Å². The van der Waals surface area contributed by atoms with Gasteiger partial charge in [-0.3, -0.25) is 13.9 Å². The lowest BCUT2D eigenvalue weighted by Crippen LogP contribution is -2.33. The third kappa shape index (κ3) is 2.24. The topological polar surface area (TPSA) is 74.8 Å². The molecule has 0 saturated carbocycles. The Morgan fingerprint density at radius 3 is 2.23 bits per heavy atom. The molecule has 4 rings (SSSR count). The van der Waals surface area contributed by atoms with Gasteiger partial charge in [-0.05, 0) is 38.7 Å². The van der Waals surface area contributed by atoms with Crippen molar-refractivity contribution in [1.82, 2.24) is 0 Å². The fourth-order valence-electron chi connectivity index (χ4n) is 3.99. The summed E-state index contributed by atoms with van der Waals surface area (Å²) in [5.41, 5.74) is 0.762. The molecule has 0 radical (unpaired) electrons. The molecule has 2 aliphatic heterocycles. The molecule has 0 spiro atoms. The Balaban J connectivity index is 1.92. The molecule has 0 saturated heterocycles. The number of sulfonamides is 1. The molecule has 0 bridgehead atoms. The Hall–Kier alpha value is -1.93. The van der Waals surface area contributed by atoms with Gasteiger partial charge in [-0.2, -0.15) is 0 Å². The van der Waals surface area contributed by atoms with E-state index in [9.17, 15) is 22.4 Å². The van der Waals surface area contributed by atoms with Crippen LogP contribution in [0.5, 0.6) is 0 Å². The van der Waals surface area contributed by atoms with Gasteiger partial charge in [0.25, 0.3) is 11.8 Å². The van der Waals surface area contributed by atoms with E-state index in [-0.39, 0.29) is 28.5 Å². The highest BCUT2D eigenvalue weighted by atomic mass is 35.5. The zero-order chi connectivity index (χ0) is 18.8. The quantitative estimate of drug-likeness (QED) is 0.718. The van der Waals surface area contributed by atoms with Gasteiger partial charge in [0.1, 0.15) is 5.82 Å². The lowest BCUT2D eigenvalue weighted by atomic mass is 9.93. The van der Waals surface area contributed by atoms with Crippen molar-refractivity contribution in [3.05, 3.63) is 33.6 Å². The van der Waals surface area contributed by atoms with Crippen LogP contribution in [0, 0.1) is 5.82 Å². The van der Waals surface area contributed by atoms with Crippen LogP contribution in [-0.2, 0) is 25.4 Å². The molecule has 138 valence electrons. The molecule has 2 amide bonds. The average molecular weight is 399 g/mol. The van der Waals surface area contributed by atoms with Crippen LogP contribution >= 0.6 is 11.6 Å². The molecule has 0 N–H and O–H groups in total. The number of carbonyl (C=O) groups excluding carboxylic acids is 2. The SMILES string of the molecule is CCN1c2c(Cl)cc(F)c(N3C(=O)C4=C(CCCC4)C3=O)c2CS1(=O)=O. The van der Waals surface area contributed by atoms with Crippen molar-refractivity contribution < 1.29 is 22.4 Å². The van der Waals surface area contributed by atoms with Crippen molar-refractivity contribution in [2.24, 2.45) is 0 Å². The standard InChI is InChI=1S/C17H16ClFN2O4S/c1-2-20-14-11(8-26(20,24)25)15(13(19)7-12(14)18)21-16(22)9-5-3-4-6-10(9)17(21)23/h7H,2-6,8H2,1H3. The summed E-state index contributed by atoms with van der Waals surface area (Å²) >= 11 is 6.10. The maximum atomic E-state index is 14.8. The Bertz CT molecular complexity index is 975. The molecule has 0 aromatic heterocycles. The summed E-state index contributed by atoms with van der Waals surface area (Å²) in [6.07, 6.45) is 2.55. The van der Waals surface area contributed by atoms with Gasteiger partial charge in [0.15, 0.2) is 0 Å². The Labute approximate surface area is 155 Å². The van der Waals surface area contributed by atoms with Crippen LogP contribution in [0.4, 0.5) is 15.8 Å². The molecule has 26 heavy (non-hydrogen) atoms. The summed E-state index contributed by atoms with van der Waals surface area (Å²) < 4.78 is 40.8. The van der Waals surface area contributed by atoms with Crippen LogP contribution in [0.15, 0.2) is 17.2 Å². The highest BCUT2D eigenvalue weighted by Gasteiger charge is 2.45. The molecule has 3 aliphatic rings. The predicted molar refractivity (Wildman–Crippen MR) is 95.0 cm³/mol. The number of imide groups is 1. The lowest BCUT2D eigenvalue weighted by molar-refractivity contribution is -0.120. The first kappa shape index (κ1) is 17.5. The minimum Gasteiger partial charge on any atom is -0.269 e. The second-order valence-corrected chi connectivity index (χ2v) is 8.85. The van der Waals surface area contributed by atoms with Gasteiger partial charge < -0.3 is 0 Å². The third-order valence-electron chi connectivity index (χ3n) is 5.09. The van der Waals surface area contributed by atoms with Crippen molar-refractivity contribution in [3.63, 3.8) is 0 Å². The van der Waals surface area contributed by atoms with Crippen LogP contribution in [-0.4, -0.2) is 26.8 Å². The molecular formula is C17H16ClFN2O4S. The van der Waals surface area contributed by atoms with E-state index < -0.39 is 33.4 Å². The number of hydrogen-bond acceptors (Lipinski definition) is 4. The number of fused-ring (bicyclic) bond motifs is 1. The number of carbonyl (C=O) groups is 2. The summed E-state index contributed by atoms with van der Waals surface area (Å²) in [4.78, 5) is 26.4. The van der Waals surface area contributed by atoms with Crippen LogP contribution in [0.1, 0.15) is 38.2 Å². The van der Waals surface area contributed by atoms with Crippen molar-refractivity contribution in [2.45, 2.75) is 38.4 Å². The molecule has 0 atom stereocenters. The highest BCUT2D eigenvalue weighted by Crippen LogP contribution is 2.47. The van der Waals surface area contributed by atoms with Gasteiger partial charge in [-0.1, -0.05) is 11.6 Å². The number of nitrogens with zero attached hydrogens (tertiary/aromatic N) is 2. The summed E-state index contributed by atoms with van der Waals surface area (Å²) in [5.74, 6) is -2.48. The number of halogens is 2. The normalized spacial score (nSPS) is 21.5. The van der Waals surface area contributed by atoms with Gasteiger partial charge in [-0.25, -0.2) is 17.7 Å². The first-order valence-corrected chi connectivity index (χ1v) is 10.4. The van der Waals surface area contributed by atoms with Gasteiger partial charge in [-0.15, -0.1) is 0 Å². The van der Waals surface area contributed by atoms with Gasteiger partial charge in [0.2, 0.25) is 10.0 Å². The Morgan fingerprint density at radius 2 is 1.69 bits per heavy atom. The summed E-state index contributed by atoms with van der Waals surface area (Å²) in [7, 11) is -3.73. The second-order valence-electron chi connectivity index (χ2n) is 6.55. The number of benzene rings is 1. The maximum absolute atomic E-state index is 14.8. The Morgan fingerprint density at radius 1 is 1.12 bits per heavy atom. The largest absolute Gasteiger partial charge is 0.269 e. The fraction of sp³-hybridized carbons (Fsp3) is 0.412. The number of rotatable bonds is 2. The first-order valence-electron chi connectivity index (χ1n) is 8.40. The minimum atomic E-state index is -3.73. The molecule has 6 nitrogen and oxygen atoms in total. The monoisotopic (exact) mass is 398 g/mol. The van der Waals surface area contributed by atoms with Crippen molar-refractivity contribution in [1.29, 1.82) is 0 Å². The van der Waals surface area contributed by atoms with Crippen LogP contribution in [0.3, 0.4) is 0 Å².